The number of nitrogens with two attached hydrogens (primary N) is 1. The maximum Gasteiger partial charge on any atom is 0.231 e. The molecule has 46 heavy (non-hydrogen) atoms. The molecule has 3 aliphatic rings. The van der Waals surface area contributed by atoms with E-state index in [4.69, 9.17) is 19.1 Å². The monoisotopic (exact) mass is 632 g/mol. The highest BCUT2D eigenvalue weighted by Gasteiger charge is 2.32. The van der Waals surface area contributed by atoms with Crippen LogP contribution in [0.5, 0.6) is 5.75 Å². The van der Waals surface area contributed by atoms with E-state index in [-0.39, 0.29) is 19.2 Å². The fourth-order valence-electron chi connectivity index (χ4n) is 6.95. The highest BCUT2D eigenvalue weighted by Crippen LogP contribution is 2.39. The summed E-state index contributed by atoms with van der Waals surface area (Å²) in [5, 5.41) is 0. The Morgan fingerprint density at radius 2 is 1.65 bits per heavy atom. The lowest BCUT2D eigenvalue weighted by Crippen LogP contribution is -2.41. The zero-order valence-corrected chi connectivity index (χ0v) is 28.6. The highest BCUT2D eigenvalue weighted by molar-refractivity contribution is 5.94. The van der Waals surface area contributed by atoms with Crippen molar-refractivity contribution in [3.63, 3.8) is 0 Å². The molecular weight excluding hydrogens is 576 g/mol. The minimum atomic E-state index is -0.333. The van der Waals surface area contributed by atoms with Crippen molar-refractivity contribution < 1.29 is 20.2 Å². The fourth-order valence-corrected chi connectivity index (χ4v) is 6.95. The van der Waals surface area contributed by atoms with Crippen molar-refractivity contribution in [2.45, 2.75) is 117 Å². The molecule has 3 fully saturated rings. The van der Waals surface area contributed by atoms with E-state index in [1.807, 2.05) is 31.0 Å². The SMILES string of the molecule is CC.CC(N)=O.COc1ccc(C2CCC(CN(C(=O)C3CCCCC3)c3cc(-c4coc(C5CCC5)n4)ccn3)CC2)cc1C.[HH]. The molecule has 0 atom stereocenters. The summed E-state index contributed by atoms with van der Waals surface area (Å²) in [6, 6.07) is 10.7. The lowest BCUT2D eigenvalue weighted by molar-refractivity contribution is -0.123. The van der Waals surface area contributed by atoms with Crippen LogP contribution in [-0.2, 0) is 9.59 Å². The second-order valence-corrected chi connectivity index (χ2v) is 12.9. The van der Waals surface area contributed by atoms with Gasteiger partial charge in [-0.2, -0.15) is 0 Å². The van der Waals surface area contributed by atoms with Gasteiger partial charge in [0, 0.05) is 38.5 Å². The summed E-state index contributed by atoms with van der Waals surface area (Å²) in [6.07, 6.45) is 17.2. The lowest BCUT2D eigenvalue weighted by atomic mass is 9.78. The van der Waals surface area contributed by atoms with E-state index in [9.17, 15) is 9.59 Å². The van der Waals surface area contributed by atoms with Crippen LogP contribution in [0.15, 0.2) is 47.2 Å². The number of rotatable bonds is 8. The summed E-state index contributed by atoms with van der Waals surface area (Å²) in [4.78, 5) is 34.8. The van der Waals surface area contributed by atoms with Crippen LogP contribution in [0.25, 0.3) is 11.3 Å². The van der Waals surface area contributed by atoms with Gasteiger partial charge in [-0.15, -0.1) is 0 Å². The van der Waals surface area contributed by atoms with Crippen molar-refractivity contribution >= 4 is 17.6 Å². The molecule has 3 saturated carbocycles. The van der Waals surface area contributed by atoms with Crippen LogP contribution in [0.2, 0.25) is 0 Å². The minimum absolute atomic E-state index is 0. The zero-order chi connectivity index (χ0) is 33.1. The maximum atomic E-state index is 14.0. The Bertz CT molecular complexity index is 1400. The Morgan fingerprint density at radius 1 is 0.957 bits per heavy atom. The van der Waals surface area contributed by atoms with Crippen molar-refractivity contribution in [2.24, 2.45) is 17.6 Å². The van der Waals surface area contributed by atoms with E-state index in [1.165, 1.54) is 30.9 Å². The number of anilines is 1. The Balaban J connectivity index is 0.000000799. The van der Waals surface area contributed by atoms with Gasteiger partial charge in [0.1, 0.15) is 23.5 Å². The second-order valence-electron chi connectivity index (χ2n) is 12.9. The summed E-state index contributed by atoms with van der Waals surface area (Å²) in [7, 11) is 1.73. The number of hydrogen-bond acceptors (Lipinski definition) is 6. The average molecular weight is 633 g/mol. The number of nitrogens with zero attached hydrogens (tertiary/aromatic N) is 3. The van der Waals surface area contributed by atoms with E-state index in [0.717, 1.165) is 99.5 Å². The molecule has 3 aromatic rings. The van der Waals surface area contributed by atoms with Crippen molar-refractivity contribution in [2.75, 3.05) is 18.6 Å². The molecule has 2 heterocycles. The number of carbonyl (C=O) groups excluding carboxylic acids is 2. The van der Waals surface area contributed by atoms with Crippen molar-refractivity contribution in [3.05, 3.63) is 59.8 Å². The Labute approximate surface area is 277 Å². The third kappa shape index (κ3) is 9.20. The molecule has 2 amide bonds. The van der Waals surface area contributed by atoms with Gasteiger partial charge in [-0.05, 0) is 99.5 Å². The molecular formula is C38H56N4O4. The van der Waals surface area contributed by atoms with Crippen molar-refractivity contribution in [1.82, 2.24) is 9.97 Å². The third-order valence-electron chi connectivity index (χ3n) is 9.69. The first-order chi connectivity index (χ1) is 22.3. The van der Waals surface area contributed by atoms with Crippen LogP contribution in [-0.4, -0.2) is 35.4 Å². The minimum Gasteiger partial charge on any atom is -0.496 e. The predicted molar refractivity (Wildman–Crippen MR) is 186 cm³/mol. The number of aryl methyl sites for hydroxylation is 1. The molecule has 3 aliphatic carbocycles. The number of primary amides is 1. The largest absolute Gasteiger partial charge is 0.496 e. The summed E-state index contributed by atoms with van der Waals surface area (Å²) in [5.74, 6) is 4.09. The molecule has 0 saturated heterocycles. The van der Waals surface area contributed by atoms with Gasteiger partial charge in [0.2, 0.25) is 11.8 Å². The molecule has 252 valence electrons. The zero-order valence-electron chi connectivity index (χ0n) is 28.6. The van der Waals surface area contributed by atoms with E-state index >= 15 is 0 Å². The first kappa shape index (κ1) is 35.2. The number of benzene rings is 1. The molecule has 6 rings (SSSR count). The Hall–Kier alpha value is -3.68. The highest BCUT2D eigenvalue weighted by atomic mass is 16.5. The molecule has 2 N–H and O–H groups in total. The van der Waals surface area contributed by atoms with Crippen LogP contribution in [0.4, 0.5) is 5.82 Å². The number of amides is 2. The molecule has 0 radical (unpaired) electrons. The maximum absolute atomic E-state index is 14.0. The summed E-state index contributed by atoms with van der Waals surface area (Å²) < 4.78 is 11.3. The number of carbonyl (C=O) groups is 2. The molecule has 0 spiro atoms. The fraction of sp³-hybridized carbons (Fsp3) is 0.579. The van der Waals surface area contributed by atoms with Gasteiger partial charge < -0.3 is 14.9 Å². The van der Waals surface area contributed by atoms with E-state index < -0.39 is 0 Å². The molecule has 1 aromatic carbocycles. The first-order valence-electron chi connectivity index (χ1n) is 17.5. The van der Waals surface area contributed by atoms with Crippen LogP contribution in [0.3, 0.4) is 0 Å². The summed E-state index contributed by atoms with van der Waals surface area (Å²) in [5.41, 5.74) is 8.89. The van der Waals surface area contributed by atoms with Gasteiger partial charge >= 0.3 is 0 Å². The summed E-state index contributed by atoms with van der Waals surface area (Å²) >= 11 is 0. The number of oxazole rings is 1. The van der Waals surface area contributed by atoms with Gasteiger partial charge in [0.05, 0.1) is 7.11 Å². The van der Waals surface area contributed by atoms with Crippen LogP contribution in [0.1, 0.15) is 128 Å². The van der Waals surface area contributed by atoms with Gasteiger partial charge in [-0.3, -0.25) is 14.5 Å². The van der Waals surface area contributed by atoms with Gasteiger partial charge in [-0.25, -0.2) is 9.97 Å². The average Bonchev–Trinajstić information content (AvgIpc) is 3.53. The Morgan fingerprint density at radius 3 is 2.26 bits per heavy atom. The van der Waals surface area contributed by atoms with Crippen molar-refractivity contribution in [1.29, 1.82) is 0 Å². The number of hydrogen-bond donors (Lipinski definition) is 1. The molecule has 0 bridgehead atoms. The van der Waals surface area contributed by atoms with E-state index in [1.54, 1.807) is 13.4 Å². The number of pyridine rings is 1. The second kappa shape index (κ2) is 17.3. The molecule has 2 aromatic heterocycles. The number of aromatic nitrogens is 2. The summed E-state index contributed by atoms with van der Waals surface area (Å²) in [6.45, 7) is 8.17. The first-order valence-corrected chi connectivity index (χ1v) is 17.5. The van der Waals surface area contributed by atoms with Gasteiger partial charge in [0.15, 0.2) is 5.89 Å². The van der Waals surface area contributed by atoms with Crippen LogP contribution < -0.4 is 15.4 Å². The van der Waals surface area contributed by atoms with Crippen LogP contribution in [0, 0.1) is 18.8 Å². The lowest BCUT2D eigenvalue weighted by Gasteiger charge is -2.35. The predicted octanol–water partition coefficient (Wildman–Crippen LogP) is 8.97. The normalized spacial score (nSPS) is 19.8. The van der Waals surface area contributed by atoms with E-state index in [2.05, 4.69) is 36.9 Å². The van der Waals surface area contributed by atoms with Crippen LogP contribution >= 0.6 is 0 Å². The van der Waals surface area contributed by atoms with Gasteiger partial charge in [0.25, 0.3) is 0 Å². The number of ether oxygens (including phenoxy) is 1. The number of methoxy groups -OCH3 is 1. The van der Waals surface area contributed by atoms with Crippen molar-refractivity contribution in [3.8, 4) is 17.0 Å². The molecule has 8 heteroatoms. The quantitative estimate of drug-likeness (QED) is 0.265. The molecule has 0 unspecified atom stereocenters. The third-order valence-corrected chi connectivity index (χ3v) is 9.69. The van der Waals surface area contributed by atoms with E-state index in [0.29, 0.717) is 17.8 Å². The standard InChI is InChI=1S/C34H43N3O3.C2H5NO.C2H6.H2/c1-23-19-28(15-16-31(23)39-2)25-13-11-24(12-14-25)21-37(34(38)27-7-4-3-5-8-27)32-20-29(17-18-35-32)30-22-40-33(36-30)26-9-6-10-26;1-2(3)4;1-2;/h15-20,22,24-27H,3-14,21H2,1-2H3;1H3,(H2,3,4);1-2H3;1H. The molecule has 8 nitrogen and oxygen atoms in total. The van der Waals surface area contributed by atoms with Gasteiger partial charge in [-0.1, -0.05) is 51.7 Å². The molecule has 0 aliphatic heterocycles. The smallest absolute Gasteiger partial charge is 0.231 e. The Kier molecular flexibility index (Phi) is 13.2. The topological polar surface area (TPSA) is 112 Å².